The number of imide groups is 1. The third-order valence-corrected chi connectivity index (χ3v) is 8.79. The smallest absolute Gasteiger partial charge is 0.329 e. The van der Waals surface area contributed by atoms with Crippen LogP contribution in [0, 0.1) is 0 Å². The number of benzene rings is 2. The molecule has 3 aromatic rings. The number of rotatable bonds is 22. The van der Waals surface area contributed by atoms with Crippen molar-refractivity contribution in [3.8, 4) is 0 Å². The van der Waals surface area contributed by atoms with Crippen LogP contribution in [0.3, 0.4) is 0 Å². The lowest BCUT2D eigenvalue weighted by Gasteiger charge is -2.21. The van der Waals surface area contributed by atoms with Gasteiger partial charge in [-0.15, -0.1) is 0 Å². The van der Waals surface area contributed by atoms with E-state index in [4.69, 9.17) is 30.4 Å². The number of ether oxygens (including phenoxy) is 4. The normalized spacial score (nSPS) is 16.2. The number of nitrogens with one attached hydrogen (secondary N) is 1. The number of carbonyl (C=O) groups excluding carboxylic acids is 3. The zero-order chi connectivity index (χ0) is 35.2. The van der Waals surface area contributed by atoms with E-state index in [-0.39, 0.29) is 42.5 Å². The van der Waals surface area contributed by atoms with Crippen molar-refractivity contribution >= 4 is 28.8 Å². The Bertz CT molecular complexity index is 1580. The number of imidazole rings is 1. The van der Waals surface area contributed by atoms with Gasteiger partial charge in [-0.25, -0.2) is 4.79 Å². The summed E-state index contributed by atoms with van der Waals surface area (Å²) < 4.78 is 25.9. The molecule has 13 nitrogen and oxygen atoms in total. The Labute approximate surface area is 287 Å². The number of fused-ring (bicyclic) bond motifs is 1. The van der Waals surface area contributed by atoms with Crippen LogP contribution in [0.4, 0.5) is 0 Å². The highest BCUT2D eigenvalue weighted by atomic mass is 16.5. The second kappa shape index (κ2) is 19.3. The van der Waals surface area contributed by atoms with Crippen LogP contribution in [0.15, 0.2) is 47.3 Å². The molecule has 0 spiro atoms. The van der Waals surface area contributed by atoms with Crippen molar-refractivity contribution in [2.75, 3.05) is 39.6 Å². The molecule has 13 heteroatoms. The van der Waals surface area contributed by atoms with E-state index >= 15 is 0 Å². The van der Waals surface area contributed by atoms with Crippen LogP contribution in [0.1, 0.15) is 68.2 Å². The Morgan fingerprint density at radius 1 is 0.878 bits per heavy atom. The van der Waals surface area contributed by atoms with E-state index in [1.165, 1.54) is 10.1 Å². The van der Waals surface area contributed by atoms with Crippen molar-refractivity contribution < 1.29 is 33.3 Å². The number of aromatic nitrogens is 2. The van der Waals surface area contributed by atoms with Crippen LogP contribution in [0.2, 0.25) is 0 Å². The van der Waals surface area contributed by atoms with Crippen LogP contribution < -0.4 is 22.5 Å². The summed E-state index contributed by atoms with van der Waals surface area (Å²) in [6.45, 7) is 5.68. The molecule has 1 fully saturated rings. The number of aryl methyl sites for hydroxylation is 3. The summed E-state index contributed by atoms with van der Waals surface area (Å²) in [7, 11) is 1.70. The minimum Gasteiger partial charge on any atom is -0.379 e. The minimum absolute atomic E-state index is 0.164. The standard InChI is InChI=1S/C36H51N5O8/c1-25(29(37)12-15-33(38)42)49-24-28-9-7-26(8-10-28)5-3-17-46-19-21-48-22-20-47-18-4-6-27-11-13-30-32(23-27)40(2)36(45)41(30)31-14-16-34(43)39-35(31)44/h7-11,13,23,25,29,31H,3-6,12,14-22,24,37H2,1-2H3,(H2,38,42)(H,39,43,44)/t25-,29+,31?/m1/s1. The Kier molecular flexibility index (Phi) is 15.0. The van der Waals surface area contributed by atoms with Crippen molar-refractivity contribution in [2.24, 2.45) is 18.5 Å². The van der Waals surface area contributed by atoms with Gasteiger partial charge in [0.05, 0.1) is 50.2 Å². The highest BCUT2D eigenvalue weighted by Gasteiger charge is 2.31. The summed E-state index contributed by atoms with van der Waals surface area (Å²) in [6, 6.07) is 13.2. The van der Waals surface area contributed by atoms with Crippen LogP contribution >= 0.6 is 0 Å². The zero-order valence-corrected chi connectivity index (χ0v) is 28.7. The molecule has 1 aliphatic rings. The molecule has 0 radical (unpaired) electrons. The predicted molar refractivity (Wildman–Crippen MR) is 185 cm³/mol. The van der Waals surface area contributed by atoms with E-state index in [2.05, 4.69) is 29.6 Å². The molecule has 1 aromatic heterocycles. The Morgan fingerprint density at radius 2 is 1.47 bits per heavy atom. The molecule has 1 saturated heterocycles. The number of hydrogen-bond donors (Lipinski definition) is 3. The van der Waals surface area contributed by atoms with Crippen LogP contribution in [-0.4, -0.2) is 78.6 Å². The Hall–Kier alpha value is -3.88. The predicted octanol–water partition coefficient (Wildman–Crippen LogP) is 2.43. The molecule has 0 aliphatic carbocycles. The lowest BCUT2D eigenvalue weighted by Crippen LogP contribution is -2.44. The summed E-state index contributed by atoms with van der Waals surface area (Å²) in [5.41, 5.74) is 15.8. The molecular weight excluding hydrogens is 630 g/mol. The molecule has 5 N–H and O–H groups in total. The quantitative estimate of drug-likeness (QED) is 0.106. The van der Waals surface area contributed by atoms with E-state index in [1.807, 2.05) is 25.1 Å². The lowest BCUT2D eigenvalue weighted by atomic mass is 10.1. The van der Waals surface area contributed by atoms with Crippen molar-refractivity contribution in [2.45, 2.75) is 83.1 Å². The Morgan fingerprint density at radius 3 is 2.10 bits per heavy atom. The molecule has 0 bridgehead atoms. The van der Waals surface area contributed by atoms with Gasteiger partial charge in [0.15, 0.2) is 0 Å². The molecule has 1 unspecified atom stereocenters. The van der Waals surface area contributed by atoms with Gasteiger partial charge in [-0.1, -0.05) is 30.3 Å². The fourth-order valence-electron chi connectivity index (χ4n) is 5.79. The van der Waals surface area contributed by atoms with Crippen molar-refractivity contribution in [3.05, 3.63) is 69.6 Å². The van der Waals surface area contributed by atoms with Crippen LogP contribution in [0.25, 0.3) is 11.0 Å². The maximum atomic E-state index is 12.9. The molecular formula is C36H51N5O8. The first-order chi connectivity index (χ1) is 23.6. The molecule has 4 rings (SSSR count). The fraction of sp³-hybridized carbons (Fsp3) is 0.556. The van der Waals surface area contributed by atoms with E-state index in [0.717, 1.165) is 42.3 Å². The number of hydrogen-bond acceptors (Lipinski definition) is 9. The maximum absolute atomic E-state index is 12.9. The third-order valence-electron chi connectivity index (χ3n) is 8.79. The van der Waals surface area contributed by atoms with Gasteiger partial charge in [0.1, 0.15) is 6.04 Å². The van der Waals surface area contributed by atoms with Gasteiger partial charge in [-0.2, -0.15) is 0 Å². The van der Waals surface area contributed by atoms with Gasteiger partial charge in [0.25, 0.3) is 0 Å². The number of carbonyl (C=O) groups is 3. The number of piperidine rings is 1. The van der Waals surface area contributed by atoms with Crippen LogP contribution in [0.5, 0.6) is 0 Å². The molecule has 49 heavy (non-hydrogen) atoms. The number of amides is 3. The topological polar surface area (TPSA) is 179 Å². The molecule has 3 amide bonds. The van der Waals surface area contributed by atoms with Gasteiger partial charge in [-0.05, 0) is 74.3 Å². The molecule has 0 saturated carbocycles. The first-order valence-electron chi connectivity index (χ1n) is 17.1. The molecule has 3 atom stereocenters. The van der Waals surface area contributed by atoms with Gasteiger partial charge < -0.3 is 30.4 Å². The summed E-state index contributed by atoms with van der Waals surface area (Å²) in [4.78, 5) is 47.8. The Balaban J connectivity index is 1.01. The van der Waals surface area contributed by atoms with E-state index in [1.54, 1.807) is 11.6 Å². The summed E-state index contributed by atoms with van der Waals surface area (Å²) in [6.07, 6.45) is 4.59. The van der Waals surface area contributed by atoms with Crippen molar-refractivity contribution in [3.63, 3.8) is 0 Å². The monoisotopic (exact) mass is 681 g/mol. The van der Waals surface area contributed by atoms with E-state index < -0.39 is 11.9 Å². The molecule has 268 valence electrons. The summed E-state index contributed by atoms with van der Waals surface area (Å²) >= 11 is 0. The minimum atomic E-state index is -0.687. The van der Waals surface area contributed by atoms with Gasteiger partial charge >= 0.3 is 5.69 Å². The maximum Gasteiger partial charge on any atom is 0.329 e. The summed E-state index contributed by atoms with van der Waals surface area (Å²) in [5.74, 6) is -1.09. The SMILES string of the molecule is C[C@@H](OCc1ccc(CCCOCCOCCOCCCc2ccc3c(c2)n(C)c(=O)n3C2CCC(=O)NC2=O)cc1)[C@@H](N)CCC(N)=O. The average molecular weight is 682 g/mol. The van der Waals surface area contributed by atoms with Crippen molar-refractivity contribution in [1.29, 1.82) is 0 Å². The second-order valence-electron chi connectivity index (χ2n) is 12.5. The average Bonchev–Trinajstić information content (AvgIpc) is 3.33. The number of nitrogens with two attached hydrogens (primary N) is 2. The van der Waals surface area contributed by atoms with Gasteiger partial charge in [-0.3, -0.25) is 28.8 Å². The first kappa shape index (κ1) is 37.9. The largest absolute Gasteiger partial charge is 0.379 e. The van der Waals surface area contributed by atoms with E-state index in [9.17, 15) is 19.2 Å². The zero-order valence-electron chi connectivity index (χ0n) is 28.7. The third kappa shape index (κ3) is 11.6. The molecule has 1 aliphatic heterocycles. The fourth-order valence-corrected chi connectivity index (χ4v) is 5.79. The van der Waals surface area contributed by atoms with Gasteiger partial charge in [0.2, 0.25) is 17.7 Å². The summed E-state index contributed by atoms with van der Waals surface area (Å²) in [5, 5.41) is 2.34. The number of nitrogens with zero attached hydrogens (tertiary/aromatic N) is 2. The second-order valence-corrected chi connectivity index (χ2v) is 12.5. The lowest BCUT2D eigenvalue weighted by molar-refractivity contribution is -0.135. The molecule has 2 heterocycles. The van der Waals surface area contributed by atoms with Crippen LogP contribution in [-0.2, 0) is 59.8 Å². The first-order valence-corrected chi connectivity index (χ1v) is 17.1. The van der Waals surface area contributed by atoms with Crippen molar-refractivity contribution in [1.82, 2.24) is 14.5 Å². The van der Waals surface area contributed by atoms with E-state index in [0.29, 0.717) is 64.6 Å². The molecule has 2 aromatic carbocycles. The van der Waals surface area contributed by atoms with Gasteiger partial charge in [0, 0.05) is 39.1 Å². The number of primary amides is 1. The highest BCUT2D eigenvalue weighted by molar-refractivity contribution is 6.00. The highest BCUT2D eigenvalue weighted by Crippen LogP contribution is 2.24.